The van der Waals surface area contributed by atoms with E-state index in [1.54, 1.807) is 0 Å². The minimum atomic E-state index is 0.548. The van der Waals surface area contributed by atoms with Crippen LogP contribution in [0.25, 0.3) is 0 Å². The summed E-state index contributed by atoms with van der Waals surface area (Å²) in [6.45, 7) is 9.27. The van der Waals surface area contributed by atoms with Crippen molar-refractivity contribution in [2.75, 3.05) is 13.1 Å². The molecule has 0 aromatic heterocycles. The van der Waals surface area contributed by atoms with Gasteiger partial charge in [0.15, 0.2) is 0 Å². The summed E-state index contributed by atoms with van der Waals surface area (Å²) in [7, 11) is 0. The zero-order chi connectivity index (χ0) is 13.1. The van der Waals surface area contributed by atoms with E-state index in [1.165, 1.54) is 22.3 Å². The van der Waals surface area contributed by atoms with Crippen LogP contribution in [0.1, 0.15) is 48.9 Å². The van der Waals surface area contributed by atoms with Crippen LogP contribution >= 0.6 is 0 Å². The first-order valence-electron chi connectivity index (χ1n) is 6.89. The quantitative estimate of drug-likeness (QED) is 0.761. The van der Waals surface area contributed by atoms with Crippen LogP contribution in [0.2, 0.25) is 0 Å². The Morgan fingerprint density at radius 1 is 1.33 bits per heavy atom. The summed E-state index contributed by atoms with van der Waals surface area (Å²) in [4.78, 5) is 2.23. The van der Waals surface area contributed by atoms with Crippen LogP contribution in [0.3, 0.4) is 0 Å². The van der Waals surface area contributed by atoms with E-state index in [2.05, 4.69) is 43.9 Å². The van der Waals surface area contributed by atoms with Gasteiger partial charge >= 0.3 is 0 Å². The Hall–Kier alpha value is -1.33. The third-order valence-electron chi connectivity index (χ3n) is 3.85. The fourth-order valence-electron chi connectivity index (χ4n) is 2.82. The Kier molecular flexibility index (Phi) is 4.04. The van der Waals surface area contributed by atoms with Crippen molar-refractivity contribution in [3.8, 4) is 6.07 Å². The second kappa shape index (κ2) is 5.54. The first-order valence-corrected chi connectivity index (χ1v) is 6.89. The van der Waals surface area contributed by atoms with E-state index in [1.807, 2.05) is 0 Å². The minimum absolute atomic E-state index is 0.548. The number of nitrogens with zero attached hydrogens (tertiary/aromatic N) is 2. The van der Waals surface area contributed by atoms with Crippen LogP contribution in [0.5, 0.6) is 0 Å². The molecule has 1 aromatic rings. The first kappa shape index (κ1) is 13.1. The van der Waals surface area contributed by atoms with Crippen molar-refractivity contribution in [2.24, 2.45) is 0 Å². The van der Waals surface area contributed by atoms with Crippen LogP contribution in [0.15, 0.2) is 12.1 Å². The largest absolute Gasteiger partial charge is 0.286 e. The Morgan fingerprint density at radius 3 is 2.72 bits per heavy atom. The van der Waals surface area contributed by atoms with Gasteiger partial charge in [0.25, 0.3) is 0 Å². The zero-order valence-electron chi connectivity index (χ0n) is 11.7. The van der Waals surface area contributed by atoms with Gasteiger partial charge in [-0.05, 0) is 41.0 Å². The predicted molar refractivity (Wildman–Crippen MR) is 74.5 cm³/mol. The van der Waals surface area contributed by atoms with Gasteiger partial charge in [-0.25, -0.2) is 0 Å². The molecule has 0 aliphatic carbocycles. The van der Waals surface area contributed by atoms with E-state index in [0.29, 0.717) is 12.5 Å². The molecular formula is C16H22N2. The predicted octanol–water partition coefficient (Wildman–Crippen LogP) is 3.25. The van der Waals surface area contributed by atoms with Gasteiger partial charge in [-0.3, -0.25) is 4.90 Å². The van der Waals surface area contributed by atoms with Gasteiger partial charge in [-0.1, -0.05) is 32.9 Å². The zero-order valence-corrected chi connectivity index (χ0v) is 11.7. The Bertz CT molecular complexity index is 469. The fraction of sp³-hybridized carbons (Fsp3) is 0.562. The smallest absolute Gasteiger partial charge is 0.0868 e. The normalized spacial score (nSPS) is 15.5. The molecule has 1 aliphatic heterocycles. The molecule has 0 bridgehead atoms. The number of benzene rings is 1. The molecule has 1 aliphatic rings. The van der Waals surface area contributed by atoms with Crippen LogP contribution in [-0.4, -0.2) is 18.0 Å². The highest BCUT2D eigenvalue weighted by Gasteiger charge is 2.18. The molecule has 2 nitrogen and oxygen atoms in total. The van der Waals surface area contributed by atoms with Crippen molar-refractivity contribution >= 4 is 0 Å². The summed E-state index contributed by atoms with van der Waals surface area (Å²) in [6, 6.07) is 7.03. The maximum absolute atomic E-state index is 8.79. The first-order chi connectivity index (χ1) is 8.65. The molecule has 0 saturated heterocycles. The lowest BCUT2D eigenvalue weighted by molar-refractivity contribution is 0.285. The van der Waals surface area contributed by atoms with Crippen LogP contribution in [-0.2, 0) is 19.4 Å². The topological polar surface area (TPSA) is 27.0 Å². The lowest BCUT2D eigenvalue weighted by Gasteiger charge is -2.28. The molecule has 0 atom stereocenters. The molecule has 96 valence electrons. The summed E-state index contributed by atoms with van der Waals surface area (Å²) >= 11 is 0. The number of fused-ring (bicyclic) bond motifs is 1. The summed E-state index contributed by atoms with van der Waals surface area (Å²) in [6.07, 6.45) is 2.18. The number of hydrogen-bond donors (Lipinski definition) is 0. The van der Waals surface area contributed by atoms with Crippen molar-refractivity contribution in [1.29, 1.82) is 5.26 Å². The van der Waals surface area contributed by atoms with Crippen LogP contribution in [0, 0.1) is 11.3 Å². The van der Waals surface area contributed by atoms with Gasteiger partial charge in [0.2, 0.25) is 0 Å². The Labute approximate surface area is 110 Å². The van der Waals surface area contributed by atoms with E-state index in [-0.39, 0.29) is 0 Å². The SMILES string of the molecule is CCc1cc2c(cc1C(C)C)CCN(CC#N)C2. The van der Waals surface area contributed by atoms with E-state index in [4.69, 9.17) is 5.26 Å². The van der Waals surface area contributed by atoms with Gasteiger partial charge in [0.05, 0.1) is 12.6 Å². The summed E-state index contributed by atoms with van der Waals surface area (Å²) in [5.74, 6) is 0.599. The molecule has 0 unspecified atom stereocenters. The molecule has 0 saturated carbocycles. The molecule has 1 aromatic carbocycles. The molecule has 2 rings (SSSR count). The van der Waals surface area contributed by atoms with Crippen molar-refractivity contribution in [3.05, 3.63) is 34.4 Å². The average Bonchev–Trinajstić information content (AvgIpc) is 2.37. The number of rotatable bonds is 3. The van der Waals surface area contributed by atoms with Crippen molar-refractivity contribution in [2.45, 2.75) is 46.1 Å². The van der Waals surface area contributed by atoms with Crippen LogP contribution < -0.4 is 0 Å². The molecule has 2 heteroatoms. The highest BCUT2D eigenvalue weighted by Crippen LogP contribution is 2.27. The fourth-order valence-corrected chi connectivity index (χ4v) is 2.82. The van der Waals surface area contributed by atoms with Gasteiger partial charge in [-0.2, -0.15) is 5.26 Å². The number of hydrogen-bond acceptors (Lipinski definition) is 2. The third kappa shape index (κ3) is 2.57. The monoisotopic (exact) mass is 242 g/mol. The maximum Gasteiger partial charge on any atom is 0.0868 e. The Morgan fingerprint density at radius 2 is 2.11 bits per heavy atom. The maximum atomic E-state index is 8.79. The third-order valence-corrected chi connectivity index (χ3v) is 3.85. The van der Waals surface area contributed by atoms with E-state index in [0.717, 1.165) is 25.9 Å². The van der Waals surface area contributed by atoms with Gasteiger partial charge in [0, 0.05) is 13.1 Å². The van der Waals surface area contributed by atoms with Crippen molar-refractivity contribution in [3.63, 3.8) is 0 Å². The van der Waals surface area contributed by atoms with Gasteiger partial charge in [-0.15, -0.1) is 0 Å². The second-order valence-electron chi connectivity index (χ2n) is 5.45. The number of nitriles is 1. The van der Waals surface area contributed by atoms with Crippen LogP contribution in [0.4, 0.5) is 0 Å². The standard InChI is InChI=1S/C16H22N2/c1-4-13-9-15-11-18(8-6-17)7-5-14(15)10-16(13)12(2)3/h9-10,12H,4-5,7-8,11H2,1-3H3. The Balaban J connectivity index is 2.33. The van der Waals surface area contributed by atoms with Gasteiger partial charge in [0.1, 0.15) is 0 Å². The second-order valence-corrected chi connectivity index (χ2v) is 5.45. The van der Waals surface area contributed by atoms with Crippen molar-refractivity contribution in [1.82, 2.24) is 4.90 Å². The highest BCUT2D eigenvalue weighted by atomic mass is 15.1. The van der Waals surface area contributed by atoms with Crippen molar-refractivity contribution < 1.29 is 0 Å². The van der Waals surface area contributed by atoms with E-state index >= 15 is 0 Å². The van der Waals surface area contributed by atoms with E-state index in [9.17, 15) is 0 Å². The summed E-state index contributed by atoms with van der Waals surface area (Å²) in [5.41, 5.74) is 5.90. The average molecular weight is 242 g/mol. The molecule has 18 heavy (non-hydrogen) atoms. The lowest BCUT2D eigenvalue weighted by Crippen LogP contribution is -2.31. The van der Waals surface area contributed by atoms with E-state index < -0.39 is 0 Å². The molecule has 0 spiro atoms. The summed E-state index contributed by atoms with van der Waals surface area (Å²) < 4.78 is 0. The molecule has 0 radical (unpaired) electrons. The lowest BCUT2D eigenvalue weighted by atomic mass is 9.88. The molecule has 1 heterocycles. The molecular weight excluding hydrogens is 220 g/mol. The number of aryl methyl sites for hydroxylation is 1. The minimum Gasteiger partial charge on any atom is -0.286 e. The molecule has 0 N–H and O–H groups in total. The summed E-state index contributed by atoms with van der Waals surface area (Å²) in [5, 5.41) is 8.79. The molecule has 0 fully saturated rings. The highest BCUT2D eigenvalue weighted by molar-refractivity contribution is 5.41. The molecule has 0 amide bonds. The van der Waals surface area contributed by atoms with Gasteiger partial charge < -0.3 is 0 Å².